The van der Waals surface area contributed by atoms with Crippen molar-refractivity contribution in [1.82, 2.24) is 4.90 Å². The third-order valence-electron chi connectivity index (χ3n) is 10.5. The predicted octanol–water partition coefficient (Wildman–Crippen LogP) is 6.56. The predicted molar refractivity (Wildman–Crippen MR) is 121 cm³/mol. The summed E-state index contributed by atoms with van der Waals surface area (Å²) < 4.78 is 0. The van der Waals surface area contributed by atoms with Gasteiger partial charge in [0.05, 0.1) is 0 Å². The first-order valence-corrected chi connectivity index (χ1v) is 12.6. The number of likely N-dealkylation sites (N-methyl/N-ethyl adjacent to an activating group) is 1. The van der Waals surface area contributed by atoms with Gasteiger partial charge in [-0.15, -0.1) is 0 Å². The summed E-state index contributed by atoms with van der Waals surface area (Å²) in [6.45, 7) is 15.0. The fourth-order valence-electron chi connectivity index (χ4n) is 8.83. The number of nitrogens with zero attached hydrogens (tertiary/aromatic N) is 1. The van der Waals surface area contributed by atoms with Crippen LogP contribution in [0.1, 0.15) is 86.5 Å². The molecule has 0 aromatic heterocycles. The number of carbonyl (C=O) groups is 1. The molecule has 0 aromatic carbocycles. The minimum atomic E-state index is 0.169. The molecule has 4 rings (SSSR count). The van der Waals surface area contributed by atoms with E-state index in [9.17, 15) is 4.79 Å². The Morgan fingerprint density at radius 3 is 2.52 bits per heavy atom. The molecular weight excluding hydrogens is 354 g/mol. The van der Waals surface area contributed by atoms with Crippen molar-refractivity contribution in [2.45, 2.75) is 92.5 Å². The lowest BCUT2D eigenvalue weighted by Crippen LogP contribution is -2.61. The van der Waals surface area contributed by atoms with Crippen molar-refractivity contribution in [2.24, 2.45) is 52.3 Å². The Morgan fingerprint density at radius 2 is 1.83 bits per heavy atom. The average molecular weight is 400 g/mol. The third kappa shape index (κ3) is 3.23. The summed E-state index contributed by atoms with van der Waals surface area (Å²) in [7, 11) is 2.04. The minimum Gasteiger partial charge on any atom is -0.338 e. The molecule has 4 unspecified atom stereocenters. The molecule has 0 spiro atoms. The lowest BCUT2D eigenvalue weighted by molar-refractivity contribution is -0.145. The topological polar surface area (TPSA) is 20.3 Å². The van der Waals surface area contributed by atoms with Gasteiger partial charge in [0.25, 0.3) is 0 Å². The molecule has 0 saturated heterocycles. The van der Waals surface area contributed by atoms with Gasteiger partial charge in [-0.05, 0) is 85.0 Å². The molecule has 0 N–H and O–H groups in total. The van der Waals surface area contributed by atoms with Crippen LogP contribution in [0.15, 0.2) is 12.2 Å². The lowest BCUT2D eigenvalue weighted by atomic mass is 9.45. The van der Waals surface area contributed by atoms with Gasteiger partial charge in [0.1, 0.15) is 0 Å². The largest absolute Gasteiger partial charge is 0.338 e. The molecule has 3 saturated carbocycles. The minimum absolute atomic E-state index is 0.169. The van der Waals surface area contributed by atoms with Crippen LogP contribution in [0.4, 0.5) is 0 Å². The van der Waals surface area contributed by atoms with Crippen molar-refractivity contribution in [3.05, 3.63) is 12.2 Å². The van der Waals surface area contributed by atoms with Gasteiger partial charge in [0.2, 0.25) is 5.91 Å². The maximum absolute atomic E-state index is 12.4. The van der Waals surface area contributed by atoms with Gasteiger partial charge in [0, 0.05) is 18.5 Å². The third-order valence-corrected chi connectivity index (χ3v) is 10.5. The number of carbonyl (C=O) groups excluding carboxylic acids is 1. The Morgan fingerprint density at radius 1 is 1.10 bits per heavy atom. The van der Waals surface area contributed by atoms with Crippen LogP contribution in [0, 0.1) is 52.3 Å². The van der Waals surface area contributed by atoms with Crippen molar-refractivity contribution in [1.29, 1.82) is 0 Å². The zero-order valence-corrected chi connectivity index (χ0v) is 20.1. The first-order chi connectivity index (χ1) is 13.6. The van der Waals surface area contributed by atoms with Crippen molar-refractivity contribution in [3.63, 3.8) is 0 Å². The molecule has 164 valence electrons. The van der Waals surface area contributed by atoms with E-state index < -0.39 is 0 Å². The molecule has 4 aliphatic rings. The number of hydrogen-bond acceptors (Lipinski definition) is 1. The number of hydrogen-bond donors (Lipinski definition) is 0. The van der Waals surface area contributed by atoms with Gasteiger partial charge < -0.3 is 4.90 Å². The lowest BCUT2D eigenvalue weighted by Gasteiger charge is -2.62. The van der Waals surface area contributed by atoms with Crippen molar-refractivity contribution in [2.75, 3.05) is 7.05 Å². The van der Waals surface area contributed by atoms with Gasteiger partial charge in [-0.25, -0.2) is 0 Å². The highest BCUT2D eigenvalue weighted by Crippen LogP contribution is 2.67. The van der Waals surface area contributed by atoms with E-state index in [-0.39, 0.29) is 11.3 Å². The highest BCUT2D eigenvalue weighted by molar-refractivity contribution is 5.89. The number of amides is 1. The zero-order chi connectivity index (χ0) is 21.1. The van der Waals surface area contributed by atoms with Crippen LogP contribution in [0.2, 0.25) is 0 Å². The number of rotatable bonds is 4. The molecule has 0 aromatic rings. The van der Waals surface area contributed by atoms with E-state index in [1.54, 1.807) is 0 Å². The monoisotopic (exact) mass is 399 g/mol. The highest BCUT2D eigenvalue weighted by Gasteiger charge is 2.62. The maximum Gasteiger partial charge on any atom is 0.246 e. The van der Waals surface area contributed by atoms with Gasteiger partial charge in [0.15, 0.2) is 0 Å². The van der Waals surface area contributed by atoms with Crippen molar-refractivity contribution >= 4 is 5.91 Å². The van der Waals surface area contributed by atoms with E-state index >= 15 is 0 Å². The fraction of sp³-hybridized carbons (Fsp3) is 0.889. The summed E-state index contributed by atoms with van der Waals surface area (Å²) in [5.41, 5.74) is 0.706. The zero-order valence-electron chi connectivity index (χ0n) is 20.1. The Kier molecular flexibility index (Phi) is 5.48. The molecule has 0 bridgehead atoms. The SMILES string of the molecule is CC(C)CCC(C)C1CC[C@H]2[C@@H]3C(C)CC4N(C)C(=O)C=C[C@]4(C)[C@@H]3CC[C@]12C. The van der Waals surface area contributed by atoms with Gasteiger partial charge in [-0.3, -0.25) is 4.79 Å². The molecule has 29 heavy (non-hydrogen) atoms. The molecule has 9 atom stereocenters. The summed E-state index contributed by atoms with van der Waals surface area (Å²) in [6.07, 6.45) is 13.8. The first-order valence-electron chi connectivity index (χ1n) is 12.6. The van der Waals surface area contributed by atoms with Gasteiger partial charge >= 0.3 is 0 Å². The van der Waals surface area contributed by atoms with Crippen molar-refractivity contribution < 1.29 is 4.79 Å². The van der Waals surface area contributed by atoms with Crippen LogP contribution < -0.4 is 0 Å². The molecule has 2 heteroatoms. The van der Waals surface area contributed by atoms with Crippen LogP contribution in [0.5, 0.6) is 0 Å². The molecule has 0 radical (unpaired) electrons. The summed E-state index contributed by atoms with van der Waals surface area (Å²) >= 11 is 0. The van der Waals surface area contributed by atoms with Gasteiger partial charge in [-0.1, -0.05) is 60.5 Å². The maximum atomic E-state index is 12.4. The van der Waals surface area contributed by atoms with Crippen LogP contribution in [0.25, 0.3) is 0 Å². The van der Waals surface area contributed by atoms with E-state index in [0.717, 1.165) is 41.4 Å². The standard InChI is InChI=1S/C27H45NO/c1-17(2)8-9-18(3)20-10-11-21-25-19(4)16-23-27(6,15-13-24(29)28(23)7)22(25)12-14-26(20,21)5/h13,15,17-23,25H,8-12,14,16H2,1-7H3/t18?,19?,20?,21-,22+,23?,25-,26+,27+/m0/s1. The van der Waals surface area contributed by atoms with Crippen LogP contribution in [-0.4, -0.2) is 23.9 Å². The molecule has 3 aliphatic carbocycles. The summed E-state index contributed by atoms with van der Waals surface area (Å²) in [5.74, 6) is 6.01. The normalized spacial score (nSPS) is 47.7. The van der Waals surface area contributed by atoms with Gasteiger partial charge in [-0.2, -0.15) is 0 Å². The molecule has 3 fully saturated rings. The highest BCUT2D eigenvalue weighted by atomic mass is 16.2. The summed E-state index contributed by atoms with van der Waals surface area (Å²) in [5, 5.41) is 0. The summed E-state index contributed by atoms with van der Waals surface area (Å²) in [6, 6.07) is 0.391. The number of fused-ring (bicyclic) bond motifs is 5. The second-order valence-corrected chi connectivity index (χ2v) is 12.3. The molecule has 2 nitrogen and oxygen atoms in total. The quantitative estimate of drug-likeness (QED) is 0.524. The Hall–Kier alpha value is -0.790. The summed E-state index contributed by atoms with van der Waals surface area (Å²) in [4.78, 5) is 14.4. The smallest absolute Gasteiger partial charge is 0.246 e. The van der Waals surface area contributed by atoms with Crippen LogP contribution in [-0.2, 0) is 4.79 Å². The second-order valence-electron chi connectivity index (χ2n) is 12.3. The van der Waals surface area contributed by atoms with E-state index in [4.69, 9.17) is 0 Å². The van der Waals surface area contributed by atoms with Crippen LogP contribution in [0.3, 0.4) is 0 Å². The first kappa shape index (κ1) is 21.4. The van der Waals surface area contributed by atoms with E-state index in [2.05, 4.69) is 52.5 Å². The Balaban J connectivity index is 1.60. The molecular formula is C27H45NO. The average Bonchev–Trinajstić information content (AvgIpc) is 3.02. The van der Waals surface area contributed by atoms with Crippen molar-refractivity contribution in [3.8, 4) is 0 Å². The van der Waals surface area contributed by atoms with Crippen LogP contribution >= 0.6 is 0 Å². The Bertz CT molecular complexity index is 667. The van der Waals surface area contributed by atoms with E-state index in [1.165, 1.54) is 44.9 Å². The molecule has 1 heterocycles. The fourth-order valence-corrected chi connectivity index (χ4v) is 8.83. The van der Waals surface area contributed by atoms with E-state index in [0.29, 0.717) is 11.5 Å². The molecule has 1 aliphatic heterocycles. The second kappa shape index (κ2) is 7.41. The Labute approximate surface area is 179 Å². The molecule has 1 amide bonds. The van der Waals surface area contributed by atoms with E-state index in [1.807, 2.05) is 13.1 Å².